The van der Waals surface area contributed by atoms with Crippen LogP contribution in [0.1, 0.15) is 41.5 Å². The van der Waals surface area contributed by atoms with Crippen LogP contribution < -0.4 is 0 Å². The van der Waals surface area contributed by atoms with Gasteiger partial charge in [-0.2, -0.15) is 0 Å². The van der Waals surface area contributed by atoms with Gasteiger partial charge in [0.2, 0.25) is 0 Å². The summed E-state index contributed by atoms with van der Waals surface area (Å²) < 4.78 is 0. The van der Waals surface area contributed by atoms with Crippen molar-refractivity contribution in [1.82, 2.24) is 4.98 Å². The standard InChI is InChI=1S/C12H9N.3C2H6.I2/c1-3-7-11-9(5-1)10-6-2-4-8-12(10)13-11;4*1-2/h1-8,13H;3*1-2H3;. The summed E-state index contributed by atoms with van der Waals surface area (Å²) in [6, 6.07) is 16.8. The van der Waals surface area contributed by atoms with Crippen molar-refractivity contribution in [2.75, 3.05) is 0 Å². The van der Waals surface area contributed by atoms with Crippen molar-refractivity contribution in [2.24, 2.45) is 0 Å². The Kier molecular flexibility index (Phi) is 17.6. The molecule has 2 aromatic carbocycles. The normalized spacial score (nSPS) is 8.00. The minimum atomic E-state index is 1.21. The van der Waals surface area contributed by atoms with E-state index >= 15 is 0 Å². The molecule has 0 saturated heterocycles. The highest BCUT2D eigenvalue weighted by Gasteiger charge is 2.00. The molecule has 3 rings (SSSR count). The van der Waals surface area contributed by atoms with Crippen molar-refractivity contribution in [3.05, 3.63) is 48.5 Å². The number of aromatic nitrogens is 1. The van der Waals surface area contributed by atoms with Crippen LogP contribution in [0.15, 0.2) is 48.5 Å². The molecule has 1 heterocycles. The van der Waals surface area contributed by atoms with Crippen LogP contribution >= 0.6 is 37.2 Å². The summed E-state index contributed by atoms with van der Waals surface area (Å²) in [5, 5.41) is 2.61. The van der Waals surface area contributed by atoms with Gasteiger partial charge in [-0.25, -0.2) is 0 Å². The maximum absolute atomic E-state index is 3.38. The van der Waals surface area contributed by atoms with E-state index in [0.29, 0.717) is 0 Å². The van der Waals surface area contributed by atoms with E-state index in [9.17, 15) is 0 Å². The molecule has 0 atom stereocenters. The van der Waals surface area contributed by atoms with Crippen LogP contribution in [-0.2, 0) is 0 Å². The Hall–Kier alpha value is -0.300. The lowest BCUT2D eigenvalue weighted by Gasteiger charge is -1.87. The summed E-state index contributed by atoms with van der Waals surface area (Å²) >= 11 is 4.24. The summed E-state index contributed by atoms with van der Waals surface area (Å²) in [7, 11) is 0. The second kappa shape index (κ2) is 16.1. The van der Waals surface area contributed by atoms with Crippen LogP contribution in [0.2, 0.25) is 0 Å². The lowest BCUT2D eigenvalue weighted by Crippen LogP contribution is -1.62. The third-order valence-corrected chi connectivity index (χ3v) is 2.41. The Morgan fingerprint density at radius 1 is 0.571 bits per heavy atom. The molecular weight excluding hydrogens is 484 g/mol. The number of benzene rings is 2. The summed E-state index contributed by atoms with van der Waals surface area (Å²) in [5.41, 5.74) is 2.42. The summed E-state index contributed by atoms with van der Waals surface area (Å²) in [6.07, 6.45) is 0. The molecule has 3 heteroatoms. The molecule has 0 aliphatic heterocycles. The molecule has 1 aromatic heterocycles. The quantitative estimate of drug-likeness (QED) is 0.293. The van der Waals surface area contributed by atoms with Crippen molar-refractivity contribution >= 4 is 59.0 Å². The van der Waals surface area contributed by atoms with E-state index in [1.807, 2.05) is 41.5 Å². The number of para-hydroxylation sites is 2. The Morgan fingerprint density at radius 3 is 1.19 bits per heavy atom. The van der Waals surface area contributed by atoms with E-state index in [1.165, 1.54) is 21.8 Å². The fourth-order valence-corrected chi connectivity index (χ4v) is 1.80. The van der Waals surface area contributed by atoms with Crippen molar-refractivity contribution in [3.63, 3.8) is 0 Å². The van der Waals surface area contributed by atoms with E-state index in [0.717, 1.165) is 0 Å². The molecule has 0 spiro atoms. The first kappa shape index (κ1) is 23.0. The van der Waals surface area contributed by atoms with Gasteiger partial charge >= 0.3 is 0 Å². The molecule has 0 bridgehead atoms. The van der Waals surface area contributed by atoms with Crippen LogP contribution in [0.4, 0.5) is 0 Å². The van der Waals surface area contributed by atoms with Gasteiger partial charge < -0.3 is 4.98 Å². The Balaban J connectivity index is 0. The van der Waals surface area contributed by atoms with Crippen molar-refractivity contribution in [1.29, 1.82) is 0 Å². The molecule has 1 nitrogen and oxygen atoms in total. The fraction of sp³-hybridized carbons (Fsp3) is 0.333. The SMILES string of the molecule is CC.CC.CC.II.c1ccc2c(c1)[nH]c1ccccc12. The van der Waals surface area contributed by atoms with Gasteiger partial charge in [0, 0.05) is 59.0 Å². The average Bonchev–Trinajstić information content (AvgIpc) is 3.01. The molecular formula is C18H27I2N. The Bertz CT molecular complexity index is 523. The van der Waals surface area contributed by atoms with Crippen LogP contribution in [0.25, 0.3) is 21.8 Å². The zero-order chi connectivity index (χ0) is 16.7. The monoisotopic (exact) mass is 511 g/mol. The van der Waals surface area contributed by atoms with Crippen molar-refractivity contribution in [2.45, 2.75) is 41.5 Å². The predicted molar refractivity (Wildman–Crippen MR) is 118 cm³/mol. The predicted octanol–water partition coefficient (Wildman–Crippen LogP) is 8.17. The second-order valence-electron chi connectivity index (χ2n) is 3.22. The molecule has 0 fully saturated rings. The van der Waals surface area contributed by atoms with Crippen LogP contribution in [0.3, 0.4) is 0 Å². The smallest absolute Gasteiger partial charge is 0.0464 e. The number of nitrogens with one attached hydrogen (secondary N) is 1. The number of halogens is 2. The van der Waals surface area contributed by atoms with Crippen molar-refractivity contribution < 1.29 is 0 Å². The van der Waals surface area contributed by atoms with E-state index < -0.39 is 0 Å². The van der Waals surface area contributed by atoms with Gasteiger partial charge in [0.15, 0.2) is 0 Å². The molecule has 0 aliphatic rings. The highest BCUT2D eigenvalue weighted by Crippen LogP contribution is 2.24. The van der Waals surface area contributed by atoms with Gasteiger partial charge in [0.1, 0.15) is 0 Å². The molecule has 118 valence electrons. The van der Waals surface area contributed by atoms with Gasteiger partial charge in [-0.15, -0.1) is 0 Å². The average molecular weight is 511 g/mol. The van der Waals surface area contributed by atoms with Gasteiger partial charge in [-0.05, 0) is 12.1 Å². The highest BCUT2D eigenvalue weighted by molar-refractivity contribution is 15.0. The minimum absolute atomic E-state index is 1.21. The van der Waals surface area contributed by atoms with Crippen LogP contribution in [-0.4, -0.2) is 4.98 Å². The Morgan fingerprint density at radius 2 is 0.857 bits per heavy atom. The topological polar surface area (TPSA) is 15.8 Å². The van der Waals surface area contributed by atoms with Crippen molar-refractivity contribution in [3.8, 4) is 0 Å². The molecule has 0 amide bonds. The number of H-pyrrole nitrogens is 1. The summed E-state index contributed by atoms with van der Waals surface area (Å²) in [4.78, 5) is 3.38. The molecule has 21 heavy (non-hydrogen) atoms. The third-order valence-electron chi connectivity index (χ3n) is 2.41. The molecule has 3 aromatic rings. The first-order chi connectivity index (χ1) is 10.4. The number of aromatic amines is 1. The molecule has 1 N–H and O–H groups in total. The highest BCUT2D eigenvalue weighted by atomic mass is 128. The van der Waals surface area contributed by atoms with Crippen LogP contribution in [0, 0.1) is 0 Å². The Labute approximate surface area is 153 Å². The lowest BCUT2D eigenvalue weighted by molar-refractivity contribution is 1.50. The van der Waals surface area contributed by atoms with E-state index in [1.54, 1.807) is 0 Å². The van der Waals surface area contributed by atoms with Gasteiger partial charge in [0.25, 0.3) is 0 Å². The zero-order valence-corrected chi connectivity index (χ0v) is 18.2. The third kappa shape index (κ3) is 7.00. The molecule has 0 aliphatic carbocycles. The maximum atomic E-state index is 3.38. The van der Waals surface area contributed by atoms with E-state index in [2.05, 4.69) is 90.7 Å². The van der Waals surface area contributed by atoms with E-state index in [-0.39, 0.29) is 0 Å². The maximum Gasteiger partial charge on any atom is 0.0464 e. The fourth-order valence-electron chi connectivity index (χ4n) is 1.80. The molecule has 0 unspecified atom stereocenters. The first-order valence-corrected chi connectivity index (χ1v) is 13.8. The van der Waals surface area contributed by atoms with E-state index in [4.69, 9.17) is 0 Å². The summed E-state index contributed by atoms with van der Waals surface area (Å²) in [5.74, 6) is 0. The largest absolute Gasteiger partial charge is 0.355 e. The minimum Gasteiger partial charge on any atom is -0.355 e. The number of hydrogen-bond donors (Lipinski definition) is 1. The number of fused-ring (bicyclic) bond motifs is 3. The van der Waals surface area contributed by atoms with Gasteiger partial charge in [0.05, 0.1) is 0 Å². The first-order valence-electron chi connectivity index (χ1n) is 7.55. The van der Waals surface area contributed by atoms with Gasteiger partial charge in [-0.1, -0.05) is 77.9 Å². The molecule has 0 saturated carbocycles. The molecule has 0 radical (unpaired) electrons. The number of rotatable bonds is 0. The van der Waals surface area contributed by atoms with Crippen LogP contribution in [0.5, 0.6) is 0 Å². The number of hydrogen-bond acceptors (Lipinski definition) is 0. The summed E-state index contributed by atoms with van der Waals surface area (Å²) in [6.45, 7) is 12.0. The second-order valence-corrected chi connectivity index (χ2v) is 3.22. The van der Waals surface area contributed by atoms with Gasteiger partial charge in [-0.3, -0.25) is 0 Å². The lowest BCUT2D eigenvalue weighted by atomic mass is 10.2. The zero-order valence-electron chi connectivity index (χ0n) is 13.9.